The number of carbonyl (C=O) groups is 1. The van der Waals surface area contributed by atoms with Crippen LogP contribution >= 0.6 is 0 Å². The van der Waals surface area contributed by atoms with Crippen molar-refractivity contribution >= 4 is 5.78 Å². The lowest BCUT2D eigenvalue weighted by Gasteiger charge is -2.41. The molecule has 1 spiro atoms. The molecular formula is C17H22O. The summed E-state index contributed by atoms with van der Waals surface area (Å²) in [6, 6.07) is 4.29. The normalized spacial score (nSPS) is 22.0. The van der Waals surface area contributed by atoms with Gasteiger partial charge in [-0.3, -0.25) is 4.79 Å². The number of hydrogen-bond acceptors (Lipinski definition) is 1. The van der Waals surface area contributed by atoms with Crippen molar-refractivity contribution in [1.82, 2.24) is 0 Å². The first kappa shape index (κ1) is 12.0. The Morgan fingerprint density at radius 2 is 1.61 bits per heavy atom. The number of Topliss-reactive ketones (excluding diaryl/α,β-unsaturated/α-hetero) is 1. The minimum absolute atomic E-state index is 0.306. The number of hydrogen-bond donors (Lipinski definition) is 0. The minimum Gasteiger partial charge on any atom is -0.294 e. The molecule has 0 N–H and O–H groups in total. The summed E-state index contributed by atoms with van der Waals surface area (Å²) in [6.07, 6.45) is 8.43. The van der Waals surface area contributed by atoms with Crippen molar-refractivity contribution in [3.63, 3.8) is 0 Å². The maximum Gasteiger partial charge on any atom is 0.163 e. The molecule has 1 aromatic rings. The number of benzene rings is 1. The van der Waals surface area contributed by atoms with Crippen molar-refractivity contribution in [3.05, 3.63) is 34.4 Å². The maximum absolute atomic E-state index is 12.5. The summed E-state index contributed by atoms with van der Waals surface area (Å²) in [7, 11) is 0. The molecule has 18 heavy (non-hydrogen) atoms. The molecule has 0 aliphatic heterocycles. The highest BCUT2D eigenvalue weighted by molar-refractivity contribution is 6.00. The largest absolute Gasteiger partial charge is 0.294 e. The van der Waals surface area contributed by atoms with Crippen LogP contribution in [0.2, 0.25) is 0 Å². The van der Waals surface area contributed by atoms with E-state index in [0.717, 1.165) is 18.4 Å². The van der Waals surface area contributed by atoms with Crippen molar-refractivity contribution < 1.29 is 4.79 Å². The lowest BCUT2D eigenvalue weighted by molar-refractivity contribution is 0.0820. The number of rotatable bonds is 0. The van der Waals surface area contributed by atoms with Crippen LogP contribution in [0.3, 0.4) is 0 Å². The summed E-state index contributed by atoms with van der Waals surface area (Å²) in [5.41, 5.74) is 5.19. The molecule has 2 aliphatic rings. The Labute approximate surface area is 110 Å². The summed E-state index contributed by atoms with van der Waals surface area (Å²) in [5.74, 6) is 0.402. The Morgan fingerprint density at radius 1 is 0.944 bits per heavy atom. The third-order valence-corrected chi connectivity index (χ3v) is 5.04. The van der Waals surface area contributed by atoms with Gasteiger partial charge in [0, 0.05) is 12.0 Å². The molecule has 1 aromatic carbocycles. The van der Waals surface area contributed by atoms with E-state index in [0.29, 0.717) is 11.2 Å². The topological polar surface area (TPSA) is 17.1 Å². The van der Waals surface area contributed by atoms with Gasteiger partial charge in [0.15, 0.2) is 5.78 Å². The van der Waals surface area contributed by atoms with Gasteiger partial charge in [-0.2, -0.15) is 0 Å². The Kier molecular flexibility index (Phi) is 2.80. The van der Waals surface area contributed by atoms with E-state index in [2.05, 4.69) is 26.0 Å². The molecule has 1 saturated carbocycles. The van der Waals surface area contributed by atoms with Gasteiger partial charge >= 0.3 is 0 Å². The molecule has 0 saturated heterocycles. The van der Waals surface area contributed by atoms with Crippen LogP contribution in [0.5, 0.6) is 0 Å². The second kappa shape index (κ2) is 4.22. The summed E-state index contributed by atoms with van der Waals surface area (Å²) in [4.78, 5) is 12.5. The van der Waals surface area contributed by atoms with E-state index < -0.39 is 0 Å². The van der Waals surface area contributed by atoms with E-state index in [4.69, 9.17) is 0 Å². The van der Waals surface area contributed by atoms with Crippen LogP contribution in [-0.4, -0.2) is 5.78 Å². The van der Waals surface area contributed by atoms with Gasteiger partial charge in [0.25, 0.3) is 0 Å². The lowest BCUT2D eigenvalue weighted by Crippen LogP contribution is -2.35. The molecule has 0 bridgehead atoms. The fourth-order valence-corrected chi connectivity index (χ4v) is 4.01. The predicted molar refractivity (Wildman–Crippen MR) is 74.1 cm³/mol. The Hall–Kier alpha value is -1.11. The molecule has 2 aliphatic carbocycles. The van der Waals surface area contributed by atoms with E-state index >= 15 is 0 Å². The van der Waals surface area contributed by atoms with E-state index in [1.165, 1.54) is 48.8 Å². The highest BCUT2D eigenvalue weighted by Gasteiger charge is 2.40. The van der Waals surface area contributed by atoms with Crippen LogP contribution in [0, 0.1) is 19.3 Å². The summed E-state index contributed by atoms with van der Waals surface area (Å²) >= 11 is 0. The minimum atomic E-state index is 0.306. The third kappa shape index (κ3) is 1.81. The van der Waals surface area contributed by atoms with Gasteiger partial charge in [0.1, 0.15) is 0 Å². The van der Waals surface area contributed by atoms with Crippen molar-refractivity contribution in [2.24, 2.45) is 5.41 Å². The van der Waals surface area contributed by atoms with Crippen LogP contribution in [0.4, 0.5) is 0 Å². The Bertz CT molecular complexity index is 493. The molecule has 0 atom stereocenters. The van der Waals surface area contributed by atoms with Gasteiger partial charge in [-0.25, -0.2) is 0 Å². The van der Waals surface area contributed by atoms with Gasteiger partial charge < -0.3 is 0 Å². The molecule has 0 heterocycles. The van der Waals surface area contributed by atoms with Crippen LogP contribution in [0.15, 0.2) is 12.1 Å². The second-order valence-corrected chi connectivity index (χ2v) is 6.39. The number of carbonyl (C=O) groups excluding carboxylic acids is 1. The highest BCUT2D eigenvalue weighted by Crippen LogP contribution is 2.47. The fraction of sp³-hybridized carbons (Fsp3) is 0.588. The second-order valence-electron chi connectivity index (χ2n) is 6.39. The number of aryl methyl sites for hydroxylation is 2. The fourth-order valence-electron chi connectivity index (χ4n) is 4.01. The number of ketones is 1. The van der Waals surface area contributed by atoms with Gasteiger partial charge in [0.2, 0.25) is 0 Å². The zero-order chi connectivity index (χ0) is 12.8. The van der Waals surface area contributed by atoms with Crippen molar-refractivity contribution in [2.75, 3.05) is 0 Å². The molecule has 3 rings (SSSR count). The first-order valence-corrected chi connectivity index (χ1v) is 7.24. The summed E-state index contributed by atoms with van der Waals surface area (Å²) in [5, 5.41) is 0. The molecule has 1 fully saturated rings. The molecule has 0 aromatic heterocycles. The highest BCUT2D eigenvalue weighted by atomic mass is 16.1. The molecule has 0 radical (unpaired) electrons. The van der Waals surface area contributed by atoms with Crippen molar-refractivity contribution in [2.45, 2.75) is 58.8 Å². The van der Waals surface area contributed by atoms with Crippen molar-refractivity contribution in [1.29, 1.82) is 0 Å². The molecule has 0 amide bonds. The first-order valence-electron chi connectivity index (χ1n) is 7.24. The van der Waals surface area contributed by atoms with Gasteiger partial charge in [-0.05, 0) is 55.2 Å². The van der Waals surface area contributed by atoms with Gasteiger partial charge in [0.05, 0.1) is 0 Å². The monoisotopic (exact) mass is 242 g/mol. The van der Waals surface area contributed by atoms with Crippen LogP contribution in [-0.2, 0) is 6.42 Å². The van der Waals surface area contributed by atoms with Crippen molar-refractivity contribution in [3.8, 4) is 0 Å². The average molecular weight is 242 g/mol. The maximum atomic E-state index is 12.5. The standard InChI is InChI=1S/C17H22O/c1-12-6-7-13(2)16-14(12)10-17(11-15(16)18)8-4-3-5-9-17/h6-7H,3-5,8-11H2,1-2H3. The zero-order valence-corrected chi connectivity index (χ0v) is 11.5. The smallest absolute Gasteiger partial charge is 0.163 e. The molecular weight excluding hydrogens is 220 g/mol. The molecule has 0 unspecified atom stereocenters. The van der Waals surface area contributed by atoms with E-state index in [1.807, 2.05) is 0 Å². The average Bonchev–Trinajstić information content (AvgIpc) is 2.34. The summed E-state index contributed by atoms with van der Waals surface area (Å²) < 4.78 is 0. The van der Waals surface area contributed by atoms with Gasteiger partial charge in [-0.15, -0.1) is 0 Å². The number of fused-ring (bicyclic) bond motifs is 1. The quantitative estimate of drug-likeness (QED) is 0.659. The van der Waals surface area contributed by atoms with Crippen LogP contribution in [0.25, 0.3) is 0 Å². The first-order chi connectivity index (χ1) is 8.61. The van der Waals surface area contributed by atoms with Crippen LogP contribution < -0.4 is 0 Å². The summed E-state index contributed by atoms with van der Waals surface area (Å²) in [6.45, 7) is 4.24. The van der Waals surface area contributed by atoms with E-state index in [9.17, 15) is 4.79 Å². The molecule has 1 nitrogen and oxygen atoms in total. The Morgan fingerprint density at radius 3 is 2.33 bits per heavy atom. The SMILES string of the molecule is Cc1ccc(C)c2c1CC1(CCCCC1)CC2=O. The third-order valence-electron chi connectivity index (χ3n) is 5.04. The lowest BCUT2D eigenvalue weighted by atomic mass is 9.62. The molecule has 96 valence electrons. The van der Waals surface area contributed by atoms with Gasteiger partial charge in [-0.1, -0.05) is 31.4 Å². The zero-order valence-electron chi connectivity index (χ0n) is 11.5. The van der Waals surface area contributed by atoms with E-state index in [-0.39, 0.29) is 0 Å². The Balaban J connectivity index is 2.06. The van der Waals surface area contributed by atoms with Crippen LogP contribution in [0.1, 0.15) is 65.6 Å². The molecule has 1 heteroatoms. The van der Waals surface area contributed by atoms with E-state index in [1.54, 1.807) is 0 Å². The predicted octanol–water partition coefficient (Wildman–Crippen LogP) is 4.38.